The lowest BCUT2D eigenvalue weighted by Crippen LogP contribution is -2.55. The Balaban J connectivity index is 1.34. The van der Waals surface area contributed by atoms with Crippen molar-refractivity contribution in [1.82, 2.24) is 9.55 Å². The molecular weight excluding hydrogens is 379 g/mol. The van der Waals surface area contributed by atoms with Gasteiger partial charge in [-0.3, -0.25) is 4.79 Å². The fraction of sp³-hybridized carbons (Fsp3) is 0.840. The zero-order chi connectivity index (χ0) is 21.3. The predicted octanol–water partition coefficient (Wildman–Crippen LogP) is 5.00. The number of imidazole rings is 1. The monoisotopic (exact) mass is 416 g/mol. The summed E-state index contributed by atoms with van der Waals surface area (Å²) in [6, 6.07) is 0. The van der Waals surface area contributed by atoms with E-state index in [9.17, 15) is 14.3 Å². The summed E-state index contributed by atoms with van der Waals surface area (Å²) in [6.45, 7) is 7.15. The molecule has 1 aromatic rings. The van der Waals surface area contributed by atoms with Gasteiger partial charge in [-0.2, -0.15) is 4.39 Å². The van der Waals surface area contributed by atoms with Gasteiger partial charge in [0.15, 0.2) is 5.78 Å². The van der Waals surface area contributed by atoms with Crippen LogP contribution in [0, 0.1) is 46.4 Å². The lowest BCUT2D eigenvalue weighted by Gasteiger charge is -2.61. The van der Waals surface area contributed by atoms with Gasteiger partial charge in [0.2, 0.25) is 5.95 Å². The molecule has 0 saturated heterocycles. The van der Waals surface area contributed by atoms with E-state index in [1.54, 1.807) is 4.57 Å². The van der Waals surface area contributed by atoms with Crippen molar-refractivity contribution in [2.45, 2.75) is 90.7 Å². The number of rotatable bonds is 3. The molecule has 0 bridgehead atoms. The highest BCUT2D eigenvalue weighted by molar-refractivity contribution is 5.82. The van der Waals surface area contributed by atoms with Crippen molar-refractivity contribution in [3.63, 3.8) is 0 Å². The molecule has 166 valence electrons. The summed E-state index contributed by atoms with van der Waals surface area (Å²) >= 11 is 0. The van der Waals surface area contributed by atoms with Crippen molar-refractivity contribution in [3.05, 3.63) is 18.5 Å². The molecule has 4 aliphatic carbocycles. The summed E-state index contributed by atoms with van der Waals surface area (Å²) < 4.78 is 14.8. The fourth-order valence-electron chi connectivity index (χ4n) is 8.67. The summed E-state index contributed by atoms with van der Waals surface area (Å²) in [4.78, 5) is 16.8. The molecule has 0 spiro atoms. The second-order valence-corrected chi connectivity index (χ2v) is 11.9. The van der Waals surface area contributed by atoms with Gasteiger partial charge in [-0.05, 0) is 99.2 Å². The van der Waals surface area contributed by atoms with Crippen molar-refractivity contribution in [2.75, 3.05) is 0 Å². The van der Waals surface area contributed by atoms with Gasteiger partial charge in [-0.25, -0.2) is 4.98 Å². The van der Waals surface area contributed by atoms with E-state index in [0.717, 1.165) is 50.4 Å². The summed E-state index contributed by atoms with van der Waals surface area (Å²) in [5, 5.41) is 10.7. The maximum atomic E-state index is 13.2. The largest absolute Gasteiger partial charge is 0.390 e. The third-order valence-electron chi connectivity index (χ3n) is 10.3. The molecule has 4 fully saturated rings. The van der Waals surface area contributed by atoms with Crippen LogP contribution in [-0.2, 0) is 11.3 Å². The molecule has 4 saturated carbocycles. The molecule has 30 heavy (non-hydrogen) atoms. The number of aliphatic hydroxyl groups is 1. The van der Waals surface area contributed by atoms with Crippen LogP contribution in [0.1, 0.15) is 78.6 Å². The van der Waals surface area contributed by atoms with E-state index in [4.69, 9.17) is 0 Å². The third kappa shape index (κ3) is 3.10. The van der Waals surface area contributed by atoms with Crippen LogP contribution in [0.3, 0.4) is 0 Å². The Hall–Kier alpha value is -1.23. The lowest BCUT2D eigenvalue weighted by molar-refractivity contribution is -0.151. The minimum atomic E-state index is -0.518. The summed E-state index contributed by atoms with van der Waals surface area (Å²) in [5.74, 6) is 2.55. The van der Waals surface area contributed by atoms with Crippen LogP contribution in [0.5, 0.6) is 0 Å². The minimum absolute atomic E-state index is 0.0841. The first-order valence-electron chi connectivity index (χ1n) is 12.0. The van der Waals surface area contributed by atoms with Gasteiger partial charge < -0.3 is 9.67 Å². The van der Waals surface area contributed by atoms with E-state index in [0.29, 0.717) is 17.3 Å². The first-order valence-corrected chi connectivity index (χ1v) is 12.0. The maximum Gasteiger partial charge on any atom is 0.230 e. The molecule has 4 nitrogen and oxygen atoms in total. The first-order chi connectivity index (χ1) is 14.1. The van der Waals surface area contributed by atoms with E-state index in [-0.39, 0.29) is 23.7 Å². The Morgan fingerprint density at radius 2 is 1.87 bits per heavy atom. The molecule has 5 rings (SSSR count). The van der Waals surface area contributed by atoms with Crippen LogP contribution in [-0.4, -0.2) is 26.0 Å². The normalized spacial score (nSPS) is 48.0. The zero-order valence-electron chi connectivity index (χ0n) is 18.7. The number of Topliss-reactive ketones (excluding diaryl/α,β-unsaturated/α-hetero) is 1. The zero-order valence-corrected chi connectivity index (χ0v) is 18.7. The second-order valence-electron chi connectivity index (χ2n) is 11.9. The number of aromatic nitrogens is 2. The Morgan fingerprint density at radius 3 is 2.60 bits per heavy atom. The number of hydrogen-bond acceptors (Lipinski definition) is 3. The van der Waals surface area contributed by atoms with Gasteiger partial charge in [0.1, 0.15) is 0 Å². The van der Waals surface area contributed by atoms with Crippen LogP contribution >= 0.6 is 0 Å². The van der Waals surface area contributed by atoms with Crippen molar-refractivity contribution >= 4 is 5.78 Å². The van der Waals surface area contributed by atoms with Gasteiger partial charge in [0, 0.05) is 5.92 Å². The molecule has 4 aliphatic rings. The summed E-state index contributed by atoms with van der Waals surface area (Å²) in [7, 11) is 0. The first kappa shape index (κ1) is 20.7. The van der Waals surface area contributed by atoms with E-state index < -0.39 is 11.5 Å². The summed E-state index contributed by atoms with van der Waals surface area (Å²) in [6.07, 6.45) is 12.8. The average molecular weight is 417 g/mol. The molecule has 0 unspecified atom stereocenters. The second kappa shape index (κ2) is 6.88. The van der Waals surface area contributed by atoms with Crippen LogP contribution in [0.2, 0.25) is 0 Å². The third-order valence-corrected chi connectivity index (χ3v) is 10.3. The molecule has 0 radical (unpaired) electrons. The van der Waals surface area contributed by atoms with Crippen molar-refractivity contribution in [3.8, 4) is 0 Å². The highest BCUT2D eigenvalue weighted by atomic mass is 19.1. The Kier molecular flexibility index (Phi) is 4.74. The average Bonchev–Trinajstić information content (AvgIpc) is 3.24. The number of halogens is 1. The predicted molar refractivity (Wildman–Crippen MR) is 113 cm³/mol. The van der Waals surface area contributed by atoms with E-state index in [1.165, 1.54) is 31.8 Å². The standard InChI is InChI=1S/C25H37FN2O2/c1-23(30)10-11-24(2)16(12-23)4-5-17-18-6-7-20(25(18,3)9-8-19(17)24)21(29)13-28-14-22(26)27-15-28/h14-20,30H,4-13H2,1-3H3/t16-,17+,18+,19+,20-,23-,24+,25+/m1/s1. The van der Waals surface area contributed by atoms with Gasteiger partial charge in [0.25, 0.3) is 0 Å². The topological polar surface area (TPSA) is 55.1 Å². The van der Waals surface area contributed by atoms with Crippen LogP contribution < -0.4 is 0 Å². The molecule has 0 amide bonds. The van der Waals surface area contributed by atoms with Gasteiger partial charge in [-0.15, -0.1) is 0 Å². The van der Waals surface area contributed by atoms with E-state index >= 15 is 0 Å². The molecule has 0 aromatic carbocycles. The Bertz CT molecular complexity index is 835. The number of fused-ring (bicyclic) bond motifs is 5. The van der Waals surface area contributed by atoms with Gasteiger partial charge in [0.05, 0.1) is 24.7 Å². The van der Waals surface area contributed by atoms with E-state index in [2.05, 4.69) is 18.8 Å². The highest BCUT2D eigenvalue weighted by Crippen LogP contribution is 2.68. The number of carbonyl (C=O) groups is 1. The molecule has 5 heteroatoms. The fourth-order valence-corrected chi connectivity index (χ4v) is 8.67. The molecular formula is C25H37FN2O2. The summed E-state index contributed by atoms with van der Waals surface area (Å²) in [5.41, 5.74) is -0.0541. The van der Waals surface area contributed by atoms with Crippen LogP contribution in [0.15, 0.2) is 12.5 Å². The lowest BCUT2D eigenvalue weighted by atomic mass is 9.44. The van der Waals surface area contributed by atoms with Crippen LogP contribution in [0.4, 0.5) is 4.39 Å². The van der Waals surface area contributed by atoms with E-state index in [1.807, 2.05) is 6.92 Å². The maximum absolute atomic E-state index is 13.2. The number of hydrogen-bond donors (Lipinski definition) is 1. The van der Waals surface area contributed by atoms with Crippen molar-refractivity contribution < 1.29 is 14.3 Å². The Morgan fingerprint density at radius 1 is 1.10 bits per heavy atom. The number of ketones is 1. The van der Waals surface area contributed by atoms with Gasteiger partial charge >= 0.3 is 0 Å². The van der Waals surface area contributed by atoms with Crippen LogP contribution in [0.25, 0.3) is 0 Å². The quantitative estimate of drug-likeness (QED) is 0.754. The molecule has 1 N–H and O–H groups in total. The molecule has 8 atom stereocenters. The molecule has 0 aliphatic heterocycles. The Labute approximate surface area is 179 Å². The smallest absolute Gasteiger partial charge is 0.230 e. The van der Waals surface area contributed by atoms with Gasteiger partial charge in [-0.1, -0.05) is 13.8 Å². The van der Waals surface area contributed by atoms with Crippen molar-refractivity contribution in [1.29, 1.82) is 0 Å². The number of nitrogens with zero attached hydrogens (tertiary/aromatic N) is 2. The highest BCUT2D eigenvalue weighted by Gasteiger charge is 2.61. The number of carbonyl (C=O) groups excluding carboxylic acids is 1. The van der Waals surface area contributed by atoms with Crippen molar-refractivity contribution in [2.24, 2.45) is 40.4 Å². The molecule has 1 aromatic heterocycles. The SMILES string of the molecule is C[C@@]1(O)CC[C@@]2(C)[C@H](CC[C@@H]3[C@@H]2CC[C@]2(C)[C@@H](C(=O)Cn4cnc(F)c4)CC[C@@H]32)C1. The molecule has 1 heterocycles. The minimum Gasteiger partial charge on any atom is -0.390 e.